The summed E-state index contributed by atoms with van der Waals surface area (Å²) in [7, 11) is 1.89. The van der Waals surface area contributed by atoms with E-state index in [1.165, 1.54) is 0 Å². The van der Waals surface area contributed by atoms with Crippen molar-refractivity contribution in [3.8, 4) is 0 Å². The molecule has 92 valence electrons. The van der Waals surface area contributed by atoms with E-state index < -0.39 is 0 Å². The van der Waals surface area contributed by atoms with Crippen LogP contribution >= 0.6 is 0 Å². The fourth-order valence-corrected chi connectivity index (χ4v) is 1.51. The Labute approximate surface area is 99.1 Å². The molecule has 0 amide bonds. The van der Waals surface area contributed by atoms with Gasteiger partial charge in [-0.15, -0.1) is 5.10 Å². The summed E-state index contributed by atoms with van der Waals surface area (Å²) in [5.41, 5.74) is 1.85. The summed E-state index contributed by atoms with van der Waals surface area (Å²) in [6.07, 6.45) is 3.73. The first-order valence-corrected chi connectivity index (χ1v) is 5.47. The molecule has 0 aliphatic carbocycles. The van der Waals surface area contributed by atoms with Crippen LogP contribution in [-0.2, 0) is 26.7 Å². The molecule has 0 fully saturated rings. The van der Waals surface area contributed by atoms with Gasteiger partial charge in [-0.1, -0.05) is 5.21 Å². The standard InChI is InChI=1S/C10H16N6O/c1-15-3-2-9(13-15)6-11-7-10-8-16(4-5-17)14-12-10/h2-3,8,11,17H,4-7H2,1H3. The number of aromatic nitrogens is 5. The van der Waals surface area contributed by atoms with Crippen molar-refractivity contribution in [2.45, 2.75) is 19.6 Å². The molecule has 0 bridgehead atoms. The molecule has 7 heteroatoms. The zero-order valence-electron chi connectivity index (χ0n) is 9.74. The third-order valence-electron chi connectivity index (χ3n) is 2.30. The fourth-order valence-electron chi connectivity index (χ4n) is 1.51. The lowest BCUT2D eigenvalue weighted by molar-refractivity contribution is 0.268. The topological polar surface area (TPSA) is 80.8 Å². The lowest BCUT2D eigenvalue weighted by atomic mass is 10.4. The molecular weight excluding hydrogens is 220 g/mol. The van der Waals surface area contributed by atoms with E-state index in [0.717, 1.165) is 11.4 Å². The number of nitrogens with zero attached hydrogens (tertiary/aromatic N) is 5. The summed E-state index contributed by atoms with van der Waals surface area (Å²) in [5, 5.41) is 24.1. The second-order valence-corrected chi connectivity index (χ2v) is 3.78. The summed E-state index contributed by atoms with van der Waals surface area (Å²) in [5.74, 6) is 0. The van der Waals surface area contributed by atoms with Gasteiger partial charge < -0.3 is 10.4 Å². The molecule has 0 radical (unpaired) electrons. The molecule has 0 aromatic carbocycles. The summed E-state index contributed by atoms with van der Waals surface area (Å²) < 4.78 is 3.40. The van der Waals surface area contributed by atoms with Crippen LogP contribution in [0.1, 0.15) is 11.4 Å². The first-order valence-electron chi connectivity index (χ1n) is 5.47. The predicted molar refractivity (Wildman–Crippen MR) is 60.9 cm³/mol. The van der Waals surface area contributed by atoms with Crippen molar-refractivity contribution >= 4 is 0 Å². The zero-order valence-corrected chi connectivity index (χ0v) is 9.74. The number of aryl methyl sites for hydroxylation is 1. The molecule has 7 nitrogen and oxygen atoms in total. The van der Waals surface area contributed by atoms with Crippen LogP contribution in [-0.4, -0.2) is 36.5 Å². The minimum atomic E-state index is 0.0736. The van der Waals surface area contributed by atoms with Crippen molar-refractivity contribution in [3.05, 3.63) is 29.8 Å². The van der Waals surface area contributed by atoms with Gasteiger partial charge in [0.1, 0.15) is 0 Å². The number of nitrogens with one attached hydrogen (secondary N) is 1. The van der Waals surface area contributed by atoms with Crippen LogP contribution in [0.2, 0.25) is 0 Å². The smallest absolute Gasteiger partial charge is 0.0964 e. The number of aliphatic hydroxyl groups excluding tert-OH is 1. The largest absolute Gasteiger partial charge is 0.394 e. The minimum absolute atomic E-state index is 0.0736. The second kappa shape index (κ2) is 5.55. The average Bonchev–Trinajstić information content (AvgIpc) is 2.89. The molecule has 0 saturated heterocycles. The molecule has 0 aliphatic heterocycles. The molecule has 0 atom stereocenters. The van der Waals surface area contributed by atoms with Crippen molar-refractivity contribution in [1.29, 1.82) is 0 Å². The highest BCUT2D eigenvalue weighted by Crippen LogP contribution is 1.96. The summed E-state index contributed by atoms with van der Waals surface area (Å²) in [6.45, 7) is 1.90. The molecular formula is C10H16N6O. The van der Waals surface area contributed by atoms with E-state index in [2.05, 4.69) is 20.7 Å². The Balaban J connectivity index is 1.77. The number of hydrogen-bond donors (Lipinski definition) is 2. The second-order valence-electron chi connectivity index (χ2n) is 3.78. The van der Waals surface area contributed by atoms with E-state index in [9.17, 15) is 0 Å². The Kier molecular flexibility index (Phi) is 3.84. The molecule has 0 saturated carbocycles. The van der Waals surface area contributed by atoms with E-state index in [1.54, 1.807) is 9.36 Å². The highest BCUT2D eigenvalue weighted by atomic mass is 16.3. The molecule has 0 unspecified atom stereocenters. The third kappa shape index (κ3) is 3.36. The first-order chi connectivity index (χ1) is 8.28. The van der Waals surface area contributed by atoms with Gasteiger partial charge in [-0.2, -0.15) is 5.10 Å². The number of rotatable bonds is 6. The van der Waals surface area contributed by atoms with E-state index in [0.29, 0.717) is 19.6 Å². The first kappa shape index (κ1) is 11.7. The molecule has 2 N–H and O–H groups in total. The Morgan fingerprint density at radius 2 is 2.18 bits per heavy atom. The maximum Gasteiger partial charge on any atom is 0.0964 e. The van der Waals surface area contributed by atoms with Gasteiger partial charge in [0, 0.05) is 32.5 Å². The predicted octanol–water partition coefficient (Wildman–Crippen LogP) is -0.706. The maximum atomic E-state index is 8.74. The van der Waals surface area contributed by atoms with Gasteiger partial charge in [-0.3, -0.25) is 4.68 Å². The average molecular weight is 236 g/mol. The number of aliphatic hydroxyl groups is 1. The monoisotopic (exact) mass is 236 g/mol. The van der Waals surface area contributed by atoms with Crippen LogP contribution < -0.4 is 5.32 Å². The lowest BCUT2D eigenvalue weighted by Gasteiger charge is -1.98. The molecule has 2 heterocycles. The molecule has 2 aromatic rings. The summed E-state index contributed by atoms with van der Waals surface area (Å²) >= 11 is 0. The molecule has 0 spiro atoms. The van der Waals surface area contributed by atoms with Gasteiger partial charge in [-0.25, -0.2) is 4.68 Å². The highest BCUT2D eigenvalue weighted by molar-refractivity contribution is 4.99. The maximum absolute atomic E-state index is 8.74. The Bertz CT molecular complexity index is 463. The molecule has 0 aliphatic rings. The van der Waals surface area contributed by atoms with Crippen LogP contribution in [0.5, 0.6) is 0 Å². The molecule has 2 rings (SSSR count). The highest BCUT2D eigenvalue weighted by Gasteiger charge is 2.01. The van der Waals surface area contributed by atoms with Gasteiger partial charge in [0.05, 0.1) is 24.5 Å². The summed E-state index contributed by atoms with van der Waals surface area (Å²) in [6, 6.07) is 1.97. The minimum Gasteiger partial charge on any atom is -0.394 e. The Morgan fingerprint density at radius 3 is 2.88 bits per heavy atom. The van der Waals surface area contributed by atoms with E-state index in [1.807, 2.05) is 25.5 Å². The van der Waals surface area contributed by atoms with Crippen molar-refractivity contribution in [2.75, 3.05) is 6.61 Å². The summed E-state index contributed by atoms with van der Waals surface area (Å²) in [4.78, 5) is 0. The Hall–Kier alpha value is -1.73. The van der Waals surface area contributed by atoms with Crippen molar-refractivity contribution < 1.29 is 5.11 Å². The van der Waals surface area contributed by atoms with E-state index in [4.69, 9.17) is 5.11 Å². The van der Waals surface area contributed by atoms with Crippen LogP contribution in [0, 0.1) is 0 Å². The van der Waals surface area contributed by atoms with E-state index in [-0.39, 0.29) is 6.61 Å². The normalized spacial score (nSPS) is 10.9. The van der Waals surface area contributed by atoms with Crippen LogP contribution in [0.4, 0.5) is 0 Å². The molecule has 17 heavy (non-hydrogen) atoms. The van der Waals surface area contributed by atoms with Gasteiger partial charge in [0.2, 0.25) is 0 Å². The lowest BCUT2D eigenvalue weighted by Crippen LogP contribution is -2.13. The van der Waals surface area contributed by atoms with Crippen LogP contribution in [0.25, 0.3) is 0 Å². The van der Waals surface area contributed by atoms with Gasteiger partial charge in [0.15, 0.2) is 0 Å². The zero-order chi connectivity index (χ0) is 12.1. The van der Waals surface area contributed by atoms with E-state index >= 15 is 0 Å². The van der Waals surface area contributed by atoms with Gasteiger partial charge >= 0.3 is 0 Å². The third-order valence-corrected chi connectivity index (χ3v) is 2.30. The van der Waals surface area contributed by atoms with Crippen molar-refractivity contribution in [2.24, 2.45) is 7.05 Å². The number of hydrogen-bond acceptors (Lipinski definition) is 5. The quantitative estimate of drug-likeness (QED) is 0.693. The van der Waals surface area contributed by atoms with Gasteiger partial charge in [0.25, 0.3) is 0 Å². The fraction of sp³-hybridized carbons (Fsp3) is 0.500. The van der Waals surface area contributed by atoms with Crippen molar-refractivity contribution in [3.63, 3.8) is 0 Å². The van der Waals surface area contributed by atoms with Crippen LogP contribution in [0.3, 0.4) is 0 Å². The SMILES string of the molecule is Cn1ccc(CNCc2cn(CCO)nn2)n1. The Morgan fingerprint density at radius 1 is 1.35 bits per heavy atom. The molecule has 2 aromatic heterocycles. The van der Waals surface area contributed by atoms with Gasteiger partial charge in [-0.05, 0) is 6.07 Å². The van der Waals surface area contributed by atoms with Crippen molar-refractivity contribution in [1.82, 2.24) is 30.1 Å². The van der Waals surface area contributed by atoms with Crippen LogP contribution in [0.15, 0.2) is 18.5 Å².